The smallest absolute Gasteiger partial charge is 0.0357 e. The minimum absolute atomic E-state index is 1.09. The lowest BCUT2D eigenvalue weighted by Gasteiger charge is -1.98. The van der Waals surface area contributed by atoms with E-state index in [1.165, 1.54) is 18.3 Å². The van der Waals surface area contributed by atoms with Crippen LogP contribution in [0.2, 0.25) is 0 Å². The Labute approximate surface area is 44.9 Å². The van der Waals surface area contributed by atoms with E-state index in [0.717, 1.165) is 5.92 Å². The SMILES string of the molecule is C[C@@H]1CCC2C[C@@H]21. The molecule has 0 amide bonds. The fraction of sp³-hybridized carbons (Fsp3) is 1.00. The molecule has 0 aromatic rings. The first-order chi connectivity index (χ1) is 3.38. The van der Waals surface area contributed by atoms with Crippen LogP contribution in [0.1, 0.15) is 26.2 Å². The molecule has 0 nitrogen and oxygen atoms in total. The van der Waals surface area contributed by atoms with Gasteiger partial charge in [0.2, 0.25) is 0 Å². The van der Waals surface area contributed by atoms with Gasteiger partial charge in [-0.05, 0) is 30.6 Å². The van der Waals surface area contributed by atoms with Crippen molar-refractivity contribution in [1.82, 2.24) is 0 Å². The van der Waals surface area contributed by atoms with Crippen molar-refractivity contribution in [3.05, 3.63) is 0 Å². The van der Waals surface area contributed by atoms with Gasteiger partial charge in [0.1, 0.15) is 0 Å². The Morgan fingerprint density at radius 3 is 2.29 bits per heavy atom. The van der Waals surface area contributed by atoms with E-state index >= 15 is 0 Å². The Balaban J connectivity index is 2.08. The molecule has 0 aromatic heterocycles. The molecular formula is C7H12. The molecule has 2 fully saturated rings. The van der Waals surface area contributed by atoms with E-state index in [-0.39, 0.29) is 0 Å². The zero-order valence-corrected chi connectivity index (χ0v) is 4.85. The lowest BCUT2D eigenvalue weighted by atomic mass is 10.1. The molecule has 0 N–H and O–H groups in total. The van der Waals surface area contributed by atoms with Crippen molar-refractivity contribution in [3.8, 4) is 0 Å². The minimum Gasteiger partial charge on any atom is -0.0622 e. The maximum absolute atomic E-state index is 2.40. The van der Waals surface area contributed by atoms with Gasteiger partial charge in [0.25, 0.3) is 0 Å². The molecule has 3 atom stereocenters. The molecule has 0 bridgehead atoms. The van der Waals surface area contributed by atoms with Crippen LogP contribution >= 0.6 is 0 Å². The molecule has 2 aliphatic carbocycles. The van der Waals surface area contributed by atoms with Crippen molar-refractivity contribution in [2.45, 2.75) is 26.2 Å². The van der Waals surface area contributed by atoms with E-state index in [4.69, 9.17) is 0 Å². The minimum atomic E-state index is 1.09. The molecule has 7 heavy (non-hydrogen) atoms. The molecular weight excluding hydrogens is 84.1 g/mol. The zero-order chi connectivity index (χ0) is 4.85. The first-order valence-electron chi connectivity index (χ1n) is 3.38. The summed E-state index contributed by atoms with van der Waals surface area (Å²) in [5, 5.41) is 0. The Hall–Kier alpha value is 0. The highest BCUT2D eigenvalue weighted by Gasteiger charge is 2.45. The third-order valence-electron chi connectivity index (χ3n) is 2.70. The third kappa shape index (κ3) is 0.427. The molecule has 0 saturated heterocycles. The quantitative estimate of drug-likeness (QED) is 0.433. The molecule has 2 aliphatic rings. The summed E-state index contributed by atoms with van der Waals surface area (Å²) < 4.78 is 0. The fourth-order valence-electron chi connectivity index (χ4n) is 1.99. The Bertz CT molecular complexity index is 86.0. The van der Waals surface area contributed by atoms with E-state index in [2.05, 4.69) is 6.92 Å². The molecule has 0 heterocycles. The highest BCUT2D eigenvalue weighted by molar-refractivity contribution is 4.95. The molecule has 2 rings (SSSR count). The number of hydrogen-bond donors (Lipinski definition) is 0. The summed E-state index contributed by atoms with van der Waals surface area (Å²) in [7, 11) is 0. The van der Waals surface area contributed by atoms with Crippen LogP contribution in [-0.2, 0) is 0 Å². The Morgan fingerprint density at radius 2 is 2.14 bits per heavy atom. The van der Waals surface area contributed by atoms with Gasteiger partial charge in [-0.15, -0.1) is 0 Å². The average molecular weight is 96.2 g/mol. The maximum atomic E-state index is 2.40. The van der Waals surface area contributed by atoms with Gasteiger partial charge in [0, 0.05) is 0 Å². The van der Waals surface area contributed by atoms with Crippen molar-refractivity contribution in [1.29, 1.82) is 0 Å². The summed E-state index contributed by atoms with van der Waals surface area (Å²) in [5.74, 6) is 3.46. The van der Waals surface area contributed by atoms with Crippen LogP contribution in [0.25, 0.3) is 0 Å². The number of hydrogen-bond acceptors (Lipinski definition) is 0. The third-order valence-corrected chi connectivity index (χ3v) is 2.70. The summed E-state index contributed by atoms with van der Waals surface area (Å²) >= 11 is 0. The second kappa shape index (κ2) is 1.04. The topological polar surface area (TPSA) is 0 Å². The van der Waals surface area contributed by atoms with E-state index in [1.54, 1.807) is 12.8 Å². The Morgan fingerprint density at radius 1 is 1.29 bits per heavy atom. The van der Waals surface area contributed by atoms with Crippen molar-refractivity contribution in [2.24, 2.45) is 17.8 Å². The van der Waals surface area contributed by atoms with Gasteiger partial charge < -0.3 is 0 Å². The van der Waals surface area contributed by atoms with Crippen LogP contribution in [0.3, 0.4) is 0 Å². The van der Waals surface area contributed by atoms with Gasteiger partial charge in [-0.2, -0.15) is 0 Å². The molecule has 0 aliphatic heterocycles. The standard InChI is InChI=1S/C7H12/c1-5-2-3-6-4-7(5)6/h5-7H,2-4H2,1H3/t5-,6?,7-/m1/s1. The largest absolute Gasteiger partial charge is 0.0622 e. The normalized spacial score (nSPS) is 57.0. The van der Waals surface area contributed by atoms with Gasteiger partial charge in [-0.3, -0.25) is 0 Å². The molecule has 0 heteroatoms. The summed E-state index contributed by atoms with van der Waals surface area (Å²) in [6.07, 6.45) is 4.64. The average Bonchev–Trinajstić information content (AvgIpc) is 2.33. The summed E-state index contributed by atoms with van der Waals surface area (Å²) in [4.78, 5) is 0. The fourth-order valence-corrected chi connectivity index (χ4v) is 1.99. The summed E-state index contributed by atoms with van der Waals surface area (Å²) in [6, 6.07) is 0. The number of fused-ring (bicyclic) bond motifs is 1. The second-order valence-electron chi connectivity index (χ2n) is 3.21. The Kier molecular flexibility index (Phi) is 0.586. The van der Waals surface area contributed by atoms with Crippen LogP contribution in [0.5, 0.6) is 0 Å². The second-order valence-corrected chi connectivity index (χ2v) is 3.21. The monoisotopic (exact) mass is 96.1 g/mol. The molecule has 2 saturated carbocycles. The predicted octanol–water partition coefficient (Wildman–Crippen LogP) is 2.05. The van der Waals surface area contributed by atoms with Crippen LogP contribution in [0.4, 0.5) is 0 Å². The molecule has 0 aromatic carbocycles. The van der Waals surface area contributed by atoms with Gasteiger partial charge in [-0.1, -0.05) is 13.3 Å². The lowest BCUT2D eigenvalue weighted by Crippen LogP contribution is -1.88. The van der Waals surface area contributed by atoms with Gasteiger partial charge >= 0.3 is 0 Å². The molecule has 40 valence electrons. The van der Waals surface area contributed by atoms with Crippen LogP contribution in [0, 0.1) is 17.8 Å². The van der Waals surface area contributed by atoms with Gasteiger partial charge in [0.15, 0.2) is 0 Å². The maximum Gasteiger partial charge on any atom is -0.0357 e. The lowest BCUT2D eigenvalue weighted by molar-refractivity contribution is 0.530. The zero-order valence-electron chi connectivity index (χ0n) is 4.85. The molecule has 0 spiro atoms. The van der Waals surface area contributed by atoms with Gasteiger partial charge in [-0.25, -0.2) is 0 Å². The first-order valence-corrected chi connectivity index (χ1v) is 3.38. The summed E-state index contributed by atoms with van der Waals surface area (Å²) in [6.45, 7) is 2.40. The highest BCUT2D eigenvalue weighted by atomic mass is 14.5. The van der Waals surface area contributed by atoms with E-state index < -0.39 is 0 Å². The van der Waals surface area contributed by atoms with Crippen LogP contribution in [-0.4, -0.2) is 0 Å². The first kappa shape index (κ1) is 3.94. The van der Waals surface area contributed by atoms with E-state index in [0.29, 0.717) is 0 Å². The molecule has 0 radical (unpaired) electrons. The van der Waals surface area contributed by atoms with Gasteiger partial charge in [0.05, 0.1) is 0 Å². The van der Waals surface area contributed by atoms with Crippen LogP contribution in [0.15, 0.2) is 0 Å². The highest BCUT2D eigenvalue weighted by Crippen LogP contribution is 2.54. The van der Waals surface area contributed by atoms with Crippen molar-refractivity contribution >= 4 is 0 Å². The van der Waals surface area contributed by atoms with E-state index in [1.807, 2.05) is 0 Å². The predicted molar refractivity (Wildman–Crippen MR) is 30.0 cm³/mol. The van der Waals surface area contributed by atoms with Crippen molar-refractivity contribution in [3.63, 3.8) is 0 Å². The van der Waals surface area contributed by atoms with E-state index in [9.17, 15) is 0 Å². The number of rotatable bonds is 0. The van der Waals surface area contributed by atoms with Crippen molar-refractivity contribution in [2.75, 3.05) is 0 Å². The molecule has 1 unspecified atom stereocenters. The summed E-state index contributed by atoms with van der Waals surface area (Å²) in [5.41, 5.74) is 0. The van der Waals surface area contributed by atoms with Crippen LogP contribution < -0.4 is 0 Å². The van der Waals surface area contributed by atoms with Crippen molar-refractivity contribution < 1.29 is 0 Å².